The zero-order valence-corrected chi connectivity index (χ0v) is 16.5. The Bertz CT molecular complexity index is 888. The molecule has 2 nitrogen and oxygen atoms in total. The van der Waals surface area contributed by atoms with Crippen molar-refractivity contribution < 1.29 is 40.6 Å². The smallest absolute Gasteiger partial charge is 0.417 e. The van der Waals surface area contributed by atoms with Crippen molar-refractivity contribution in [2.45, 2.75) is 50.1 Å². The summed E-state index contributed by atoms with van der Waals surface area (Å²) in [6.07, 6.45) is -11.9. The Hall–Kier alpha value is -2.29. The first kappa shape index (κ1) is 24.0. The van der Waals surface area contributed by atoms with E-state index in [1.54, 1.807) is 0 Å². The number of hydrogen-bond donors (Lipinski definition) is 1. The van der Waals surface area contributed by atoms with E-state index in [-0.39, 0.29) is 16.9 Å². The number of benzene rings is 2. The van der Waals surface area contributed by atoms with Gasteiger partial charge < -0.3 is 9.84 Å². The van der Waals surface area contributed by atoms with Crippen LogP contribution in [0.2, 0.25) is 0 Å². The van der Waals surface area contributed by atoms with Gasteiger partial charge in [-0.15, -0.1) is 0 Å². The summed E-state index contributed by atoms with van der Waals surface area (Å²) in [7, 11) is 1.27. The molecule has 1 atom stereocenters. The molecule has 0 aromatic heterocycles. The van der Waals surface area contributed by atoms with Crippen LogP contribution in [0.25, 0.3) is 0 Å². The third kappa shape index (κ3) is 5.24. The first-order chi connectivity index (χ1) is 13.6. The van der Waals surface area contributed by atoms with Crippen LogP contribution in [-0.2, 0) is 18.0 Å². The lowest BCUT2D eigenvalue weighted by molar-refractivity contribution is -0.266. The first-order valence-corrected chi connectivity index (χ1v) is 8.88. The molecular formula is C21H21F7O2. The molecule has 0 spiro atoms. The van der Waals surface area contributed by atoms with Gasteiger partial charge in [0.2, 0.25) is 0 Å². The highest BCUT2D eigenvalue weighted by Crippen LogP contribution is 2.45. The summed E-state index contributed by atoms with van der Waals surface area (Å²) in [5.41, 5.74) is -6.14. The van der Waals surface area contributed by atoms with Gasteiger partial charge in [0, 0.05) is 12.0 Å². The monoisotopic (exact) mass is 438 g/mol. The van der Waals surface area contributed by atoms with Gasteiger partial charge in [-0.2, -0.15) is 26.3 Å². The summed E-state index contributed by atoms with van der Waals surface area (Å²) in [6, 6.07) is 6.73. The number of hydrogen-bond acceptors (Lipinski definition) is 2. The molecule has 0 saturated heterocycles. The average molecular weight is 438 g/mol. The number of halogens is 7. The normalized spacial score (nSPS) is 15.0. The van der Waals surface area contributed by atoms with E-state index in [0.29, 0.717) is 6.07 Å². The maximum Gasteiger partial charge on any atom is 0.417 e. The molecule has 0 amide bonds. The van der Waals surface area contributed by atoms with Gasteiger partial charge in [-0.3, -0.25) is 0 Å². The van der Waals surface area contributed by atoms with Crippen molar-refractivity contribution in [1.29, 1.82) is 0 Å². The molecular weight excluding hydrogens is 417 g/mol. The zero-order chi connectivity index (χ0) is 23.0. The summed E-state index contributed by atoms with van der Waals surface area (Å²) in [5.74, 6) is -0.572. The Morgan fingerprint density at radius 1 is 0.933 bits per heavy atom. The van der Waals surface area contributed by atoms with Crippen molar-refractivity contribution >= 4 is 0 Å². The third-order valence-corrected chi connectivity index (χ3v) is 4.90. The highest BCUT2D eigenvalue weighted by atomic mass is 19.4. The van der Waals surface area contributed by atoms with E-state index in [1.807, 2.05) is 0 Å². The second-order valence-corrected chi connectivity index (χ2v) is 7.81. The standard InChI is InChI=1S/C21H21F7O2/c1-18(2,16-10-15(22)7-8-17(16)30-3)12-19(29,21(26,27)28)11-13-5-4-6-14(9-13)20(23,24)25/h4-10,29H,11-12H2,1-3H3. The topological polar surface area (TPSA) is 29.5 Å². The minimum Gasteiger partial charge on any atom is -0.496 e. The Morgan fingerprint density at radius 2 is 1.57 bits per heavy atom. The molecule has 2 rings (SSSR count). The van der Waals surface area contributed by atoms with Crippen molar-refractivity contribution in [3.05, 3.63) is 65.0 Å². The lowest BCUT2D eigenvalue weighted by atomic mass is 9.72. The number of alkyl halides is 6. The first-order valence-electron chi connectivity index (χ1n) is 8.88. The van der Waals surface area contributed by atoms with Crippen molar-refractivity contribution in [3.63, 3.8) is 0 Å². The predicted molar refractivity (Wildman–Crippen MR) is 96.7 cm³/mol. The number of ether oxygens (including phenoxy) is 1. The number of aliphatic hydroxyl groups is 1. The van der Waals surface area contributed by atoms with E-state index in [1.165, 1.54) is 27.0 Å². The average Bonchev–Trinajstić information content (AvgIpc) is 2.59. The van der Waals surface area contributed by atoms with Crippen LogP contribution in [0.5, 0.6) is 5.75 Å². The summed E-state index contributed by atoms with van der Waals surface area (Å²) in [6.45, 7) is 2.74. The highest BCUT2D eigenvalue weighted by Gasteiger charge is 2.56. The molecule has 166 valence electrons. The minimum atomic E-state index is -5.15. The molecule has 30 heavy (non-hydrogen) atoms. The highest BCUT2D eigenvalue weighted by molar-refractivity contribution is 5.40. The van der Waals surface area contributed by atoms with Gasteiger partial charge in [-0.05, 0) is 41.7 Å². The van der Waals surface area contributed by atoms with Crippen molar-refractivity contribution in [2.24, 2.45) is 0 Å². The van der Waals surface area contributed by atoms with Crippen LogP contribution in [0, 0.1) is 5.82 Å². The predicted octanol–water partition coefficient (Wildman–Crippen LogP) is 6.06. The van der Waals surface area contributed by atoms with E-state index >= 15 is 0 Å². The molecule has 2 aromatic rings. The van der Waals surface area contributed by atoms with Crippen LogP contribution in [0.4, 0.5) is 30.7 Å². The summed E-state index contributed by atoms with van der Waals surface area (Å²) < 4.78 is 99.1. The Balaban J connectivity index is 2.47. The van der Waals surface area contributed by atoms with E-state index in [9.17, 15) is 35.8 Å². The Kier molecular flexibility index (Phi) is 6.47. The molecule has 0 saturated carbocycles. The van der Waals surface area contributed by atoms with E-state index in [2.05, 4.69) is 0 Å². The van der Waals surface area contributed by atoms with E-state index < -0.39 is 47.6 Å². The van der Waals surface area contributed by atoms with E-state index in [0.717, 1.165) is 30.3 Å². The van der Waals surface area contributed by atoms with Gasteiger partial charge in [0.1, 0.15) is 11.6 Å². The summed E-state index contributed by atoms with van der Waals surface area (Å²) in [4.78, 5) is 0. The van der Waals surface area contributed by atoms with Gasteiger partial charge in [0.25, 0.3) is 0 Å². The van der Waals surface area contributed by atoms with Crippen molar-refractivity contribution in [2.75, 3.05) is 7.11 Å². The van der Waals surface area contributed by atoms with Gasteiger partial charge in [-0.1, -0.05) is 32.0 Å². The molecule has 1 unspecified atom stereocenters. The second kappa shape index (κ2) is 8.09. The summed E-state index contributed by atoms with van der Waals surface area (Å²) >= 11 is 0. The lowest BCUT2D eigenvalue weighted by Crippen LogP contribution is -2.50. The maximum absolute atomic E-state index is 13.9. The van der Waals surface area contributed by atoms with Gasteiger partial charge >= 0.3 is 12.4 Å². The minimum absolute atomic E-state index is 0.0942. The van der Waals surface area contributed by atoms with Crippen LogP contribution in [0.1, 0.15) is 37.0 Å². The van der Waals surface area contributed by atoms with Crippen LogP contribution < -0.4 is 4.74 Å². The third-order valence-electron chi connectivity index (χ3n) is 4.90. The molecule has 0 radical (unpaired) electrons. The molecule has 1 N–H and O–H groups in total. The summed E-state index contributed by atoms with van der Waals surface area (Å²) in [5, 5.41) is 10.6. The molecule has 0 aliphatic heterocycles. The fourth-order valence-corrected chi connectivity index (χ4v) is 3.49. The van der Waals surface area contributed by atoms with Gasteiger partial charge in [0.05, 0.1) is 12.7 Å². The lowest BCUT2D eigenvalue weighted by Gasteiger charge is -2.38. The molecule has 9 heteroatoms. The zero-order valence-electron chi connectivity index (χ0n) is 16.5. The molecule has 2 aromatic carbocycles. The van der Waals surface area contributed by atoms with Crippen LogP contribution >= 0.6 is 0 Å². The Morgan fingerprint density at radius 3 is 2.10 bits per heavy atom. The van der Waals surface area contributed by atoms with Crippen LogP contribution in [-0.4, -0.2) is 24.0 Å². The largest absolute Gasteiger partial charge is 0.496 e. The van der Waals surface area contributed by atoms with E-state index in [4.69, 9.17) is 4.74 Å². The number of methoxy groups -OCH3 is 1. The van der Waals surface area contributed by atoms with Crippen LogP contribution in [0.15, 0.2) is 42.5 Å². The maximum atomic E-state index is 13.9. The fourth-order valence-electron chi connectivity index (χ4n) is 3.49. The molecule has 0 aliphatic carbocycles. The number of rotatable bonds is 6. The fraction of sp³-hybridized carbons (Fsp3) is 0.429. The molecule has 0 bridgehead atoms. The quantitative estimate of drug-likeness (QED) is 0.556. The second-order valence-electron chi connectivity index (χ2n) is 7.81. The Labute approximate surface area is 169 Å². The molecule has 0 aliphatic rings. The van der Waals surface area contributed by atoms with Crippen molar-refractivity contribution in [1.82, 2.24) is 0 Å². The molecule has 0 heterocycles. The van der Waals surface area contributed by atoms with Gasteiger partial charge in [0.15, 0.2) is 5.60 Å². The van der Waals surface area contributed by atoms with Crippen LogP contribution in [0.3, 0.4) is 0 Å². The SMILES string of the molecule is COc1ccc(F)cc1C(C)(C)CC(O)(Cc1cccc(C(F)(F)F)c1)C(F)(F)F. The van der Waals surface area contributed by atoms with Crippen molar-refractivity contribution in [3.8, 4) is 5.75 Å². The molecule has 0 fully saturated rings. The van der Waals surface area contributed by atoms with Gasteiger partial charge in [-0.25, -0.2) is 4.39 Å².